The summed E-state index contributed by atoms with van der Waals surface area (Å²) in [5, 5.41) is 14.9. The van der Waals surface area contributed by atoms with E-state index in [2.05, 4.69) is 10.6 Å². The van der Waals surface area contributed by atoms with Gasteiger partial charge in [0.1, 0.15) is 5.82 Å². The van der Waals surface area contributed by atoms with Gasteiger partial charge < -0.3 is 15.7 Å². The molecule has 0 aromatic heterocycles. The second kappa shape index (κ2) is 9.64. The average molecular weight is 388 g/mol. The number of phenols is 1. The Bertz CT molecular complexity index is 910. The molecule has 2 amide bonds. The monoisotopic (exact) mass is 388 g/mol. The molecule has 0 fully saturated rings. The van der Waals surface area contributed by atoms with Gasteiger partial charge in [0.15, 0.2) is 11.6 Å². The first-order chi connectivity index (χ1) is 13.3. The van der Waals surface area contributed by atoms with Crippen molar-refractivity contribution in [3.8, 4) is 5.75 Å². The van der Waals surface area contributed by atoms with Crippen molar-refractivity contribution in [2.75, 3.05) is 6.54 Å². The van der Waals surface area contributed by atoms with Gasteiger partial charge in [-0.25, -0.2) is 8.78 Å². The van der Waals surface area contributed by atoms with Crippen LogP contribution in [0, 0.1) is 11.6 Å². The zero-order valence-corrected chi connectivity index (χ0v) is 15.7. The summed E-state index contributed by atoms with van der Waals surface area (Å²) in [7, 11) is 0. The fourth-order valence-electron chi connectivity index (χ4n) is 2.73. The Morgan fingerprint density at radius 2 is 1.71 bits per heavy atom. The van der Waals surface area contributed by atoms with Crippen molar-refractivity contribution in [2.45, 2.75) is 26.7 Å². The molecule has 28 heavy (non-hydrogen) atoms. The van der Waals surface area contributed by atoms with Crippen molar-refractivity contribution in [1.29, 1.82) is 0 Å². The van der Waals surface area contributed by atoms with Crippen LogP contribution in [0.3, 0.4) is 0 Å². The van der Waals surface area contributed by atoms with Crippen molar-refractivity contribution < 1.29 is 23.5 Å². The summed E-state index contributed by atoms with van der Waals surface area (Å²) in [6, 6.07) is 9.94. The van der Waals surface area contributed by atoms with Crippen molar-refractivity contribution in [1.82, 2.24) is 10.6 Å². The van der Waals surface area contributed by atoms with E-state index in [-0.39, 0.29) is 23.8 Å². The summed E-state index contributed by atoms with van der Waals surface area (Å²) >= 11 is 0. The molecular formula is C21H22F2N2O3. The molecule has 0 unspecified atom stereocenters. The van der Waals surface area contributed by atoms with Gasteiger partial charge in [-0.05, 0) is 43.5 Å². The van der Waals surface area contributed by atoms with Crippen LogP contribution in [0.25, 0.3) is 0 Å². The topological polar surface area (TPSA) is 78.4 Å². The summed E-state index contributed by atoms with van der Waals surface area (Å²) in [5.74, 6) is -3.10. The van der Waals surface area contributed by atoms with E-state index in [9.17, 15) is 23.5 Å². The zero-order valence-electron chi connectivity index (χ0n) is 15.7. The van der Waals surface area contributed by atoms with E-state index in [0.717, 1.165) is 6.07 Å². The molecule has 0 aliphatic carbocycles. The Morgan fingerprint density at radius 3 is 2.39 bits per heavy atom. The number of carbonyl (C=O) groups is 2. The third kappa shape index (κ3) is 5.16. The van der Waals surface area contributed by atoms with E-state index >= 15 is 0 Å². The number of phenolic OH excluding ortho intramolecular Hbond substituents is 1. The largest absolute Gasteiger partial charge is 0.504 e. The number of aromatic hydroxyl groups is 1. The first-order valence-corrected chi connectivity index (χ1v) is 8.85. The molecular weight excluding hydrogens is 366 g/mol. The predicted octanol–water partition coefficient (Wildman–Crippen LogP) is 3.44. The molecule has 5 nitrogen and oxygen atoms in total. The van der Waals surface area contributed by atoms with Crippen molar-refractivity contribution in [2.24, 2.45) is 0 Å². The van der Waals surface area contributed by atoms with Crippen LogP contribution in [0.15, 0.2) is 53.7 Å². The van der Waals surface area contributed by atoms with Crippen LogP contribution in [0.2, 0.25) is 0 Å². The number of amides is 2. The maximum Gasteiger partial charge on any atom is 0.259 e. The van der Waals surface area contributed by atoms with Crippen molar-refractivity contribution in [3.63, 3.8) is 0 Å². The third-order valence-electron chi connectivity index (χ3n) is 4.25. The molecule has 0 atom stereocenters. The van der Waals surface area contributed by atoms with Gasteiger partial charge in [-0.1, -0.05) is 31.2 Å². The molecule has 3 N–H and O–H groups in total. The second-order valence-corrected chi connectivity index (χ2v) is 6.14. The summed E-state index contributed by atoms with van der Waals surface area (Å²) in [4.78, 5) is 24.7. The van der Waals surface area contributed by atoms with Crippen LogP contribution >= 0.6 is 0 Å². The normalized spacial score (nSPS) is 11.6. The third-order valence-corrected chi connectivity index (χ3v) is 4.25. The lowest BCUT2D eigenvalue weighted by atomic mass is 10.1. The maximum absolute atomic E-state index is 13.6. The maximum atomic E-state index is 13.6. The molecule has 2 aromatic rings. The average Bonchev–Trinajstić information content (AvgIpc) is 2.66. The molecule has 7 heteroatoms. The van der Waals surface area contributed by atoms with Gasteiger partial charge in [0.2, 0.25) is 5.91 Å². The lowest BCUT2D eigenvalue weighted by Crippen LogP contribution is -2.31. The van der Waals surface area contributed by atoms with Crippen LogP contribution in [0.5, 0.6) is 5.75 Å². The van der Waals surface area contributed by atoms with Gasteiger partial charge in [0.25, 0.3) is 5.91 Å². The van der Waals surface area contributed by atoms with E-state index in [4.69, 9.17) is 0 Å². The minimum absolute atomic E-state index is 0.227. The van der Waals surface area contributed by atoms with Crippen LogP contribution in [-0.4, -0.2) is 23.5 Å². The quantitative estimate of drug-likeness (QED) is 0.636. The summed E-state index contributed by atoms with van der Waals surface area (Å²) in [6.07, 6.45) is 0.671. The molecule has 0 aliphatic heterocycles. The number of para-hydroxylation sites is 1. The highest BCUT2D eigenvalue weighted by atomic mass is 19.1. The van der Waals surface area contributed by atoms with E-state index in [1.165, 1.54) is 18.2 Å². The number of halogens is 2. The molecule has 0 saturated heterocycles. The second-order valence-electron chi connectivity index (χ2n) is 6.14. The Balaban J connectivity index is 2.03. The first kappa shape index (κ1) is 21.1. The van der Waals surface area contributed by atoms with Gasteiger partial charge in [-0.3, -0.25) is 9.59 Å². The lowest BCUT2D eigenvalue weighted by molar-refractivity contribution is -0.117. The molecule has 2 aromatic carbocycles. The van der Waals surface area contributed by atoms with Crippen LogP contribution in [0.1, 0.15) is 36.2 Å². The molecule has 0 bridgehead atoms. The van der Waals surface area contributed by atoms with Crippen LogP contribution < -0.4 is 10.6 Å². The van der Waals surface area contributed by atoms with Crippen LogP contribution in [-0.2, 0) is 11.2 Å². The fourth-order valence-corrected chi connectivity index (χ4v) is 2.73. The number of rotatable bonds is 7. The van der Waals surface area contributed by atoms with Crippen LogP contribution in [0.4, 0.5) is 8.78 Å². The van der Waals surface area contributed by atoms with Gasteiger partial charge in [-0.2, -0.15) is 0 Å². The molecule has 0 radical (unpaired) electrons. The molecule has 2 rings (SSSR count). The summed E-state index contributed by atoms with van der Waals surface area (Å²) < 4.78 is 27.0. The molecule has 0 aliphatic rings. The van der Waals surface area contributed by atoms with E-state index in [1.807, 2.05) is 0 Å². The smallest absolute Gasteiger partial charge is 0.259 e. The first-order valence-electron chi connectivity index (χ1n) is 8.85. The Labute approximate surface area is 162 Å². The van der Waals surface area contributed by atoms with Gasteiger partial charge in [0, 0.05) is 17.8 Å². The minimum Gasteiger partial charge on any atom is -0.504 e. The number of nitrogens with one attached hydrogen (secondary N) is 2. The molecule has 0 saturated carbocycles. The molecule has 0 heterocycles. The summed E-state index contributed by atoms with van der Waals surface area (Å²) in [6.45, 7) is 3.53. The van der Waals surface area contributed by atoms with Gasteiger partial charge in [-0.15, -0.1) is 0 Å². The number of allylic oxidation sites excluding steroid dienone is 1. The standard InChI is InChI=1S/C21H22F2N2O3/c1-3-15(20(27)24-12-11-14-7-4-5-9-17(14)22)13(2)25-21(28)16-8-6-10-18(23)19(16)26/h4-10,26H,3,11-12H2,1-2H3,(H,24,27)(H,25,28)/b15-13-. The van der Waals surface area contributed by atoms with E-state index in [0.29, 0.717) is 29.7 Å². The molecule has 0 spiro atoms. The highest BCUT2D eigenvalue weighted by molar-refractivity contribution is 6.00. The number of carbonyl (C=O) groups excluding carboxylic acids is 2. The van der Waals surface area contributed by atoms with E-state index < -0.39 is 17.5 Å². The summed E-state index contributed by atoms with van der Waals surface area (Å²) in [5.41, 5.74) is 0.892. The zero-order chi connectivity index (χ0) is 20.7. The van der Waals surface area contributed by atoms with E-state index in [1.54, 1.807) is 32.0 Å². The van der Waals surface area contributed by atoms with Crippen molar-refractivity contribution >= 4 is 11.8 Å². The number of benzene rings is 2. The number of hydrogen-bond acceptors (Lipinski definition) is 3. The Morgan fingerprint density at radius 1 is 1.04 bits per heavy atom. The predicted molar refractivity (Wildman–Crippen MR) is 102 cm³/mol. The van der Waals surface area contributed by atoms with Crippen molar-refractivity contribution in [3.05, 3.63) is 76.5 Å². The fraction of sp³-hybridized carbons (Fsp3) is 0.238. The highest BCUT2D eigenvalue weighted by Gasteiger charge is 2.17. The Kier molecular flexibility index (Phi) is 7.26. The van der Waals surface area contributed by atoms with Gasteiger partial charge in [0.05, 0.1) is 5.56 Å². The Hall–Kier alpha value is -3.22. The van der Waals surface area contributed by atoms with Gasteiger partial charge >= 0.3 is 0 Å². The highest BCUT2D eigenvalue weighted by Crippen LogP contribution is 2.21. The number of hydrogen-bond donors (Lipinski definition) is 3. The molecule has 148 valence electrons. The lowest BCUT2D eigenvalue weighted by Gasteiger charge is -2.13. The minimum atomic E-state index is -0.907. The SMILES string of the molecule is CC/C(C(=O)NCCc1ccccc1F)=C(\C)NC(=O)c1cccc(F)c1O.